The molecule has 0 aliphatic carbocycles. The standard InChI is InChI=1S/C18H28N2OS/c1-2-3-4-5-6-7-8-11-17(21)20-13-14-22-18(20)16-10-9-12-19-15-16/h9-10,12,15,18H,2-8,11,13-14H2,1H3/t18-/m1/s1. The SMILES string of the molecule is CCCCCCCCCC(=O)N1CCS[C@@H]1c1cccnc1. The van der Waals surface area contributed by atoms with Crippen LogP contribution in [0.25, 0.3) is 0 Å². The van der Waals surface area contributed by atoms with E-state index in [0.29, 0.717) is 12.3 Å². The molecule has 1 aromatic heterocycles. The second-order valence-corrected chi connectivity index (χ2v) is 7.16. The molecule has 22 heavy (non-hydrogen) atoms. The molecule has 0 bridgehead atoms. The van der Waals surface area contributed by atoms with E-state index in [1.165, 1.54) is 38.5 Å². The molecular weight excluding hydrogens is 292 g/mol. The van der Waals surface area contributed by atoms with E-state index in [1.54, 1.807) is 6.20 Å². The first kappa shape index (κ1) is 17.3. The largest absolute Gasteiger partial charge is 0.326 e. The molecule has 4 heteroatoms. The predicted octanol–water partition coefficient (Wildman–Crippen LogP) is 4.80. The van der Waals surface area contributed by atoms with Crippen molar-refractivity contribution in [1.29, 1.82) is 0 Å². The minimum atomic E-state index is 0.172. The summed E-state index contributed by atoms with van der Waals surface area (Å²) in [7, 11) is 0. The number of carbonyl (C=O) groups is 1. The van der Waals surface area contributed by atoms with Crippen LogP contribution in [0.4, 0.5) is 0 Å². The Hall–Kier alpha value is -1.03. The van der Waals surface area contributed by atoms with Crippen molar-refractivity contribution in [2.75, 3.05) is 12.3 Å². The second kappa shape index (κ2) is 9.88. The third-order valence-corrected chi connectivity index (χ3v) is 5.44. The van der Waals surface area contributed by atoms with Gasteiger partial charge < -0.3 is 4.90 Å². The molecule has 1 aliphatic heterocycles. The molecule has 0 unspecified atom stereocenters. The molecule has 0 N–H and O–H groups in total. The zero-order chi connectivity index (χ0) is 15.6. The number of amides is 1. The summed E-state index contributed by atoms with van der Waals surface area (Å²) in [5.41, 5.74) is 1.15. The Bertz CT molecular complexity index is 438. The van der Waals surface area contributed by atoms with Crippen LogP contribution in [0.2, 0.25) is 0 Å². The van der Waals surface area contributed by atoms with Crippen molar-refractivity contribution in [1.82, 2.24) is 9.88 Å². The molecular formula is C18H28N2OS. The summed E-state index contributed by atoms with van der Waals surface area (Å²) in [6.07, 6.45) is 13.2. The molecule has 1 aliphatic rings. The van der Waals surface area contributed by atoms with Crippen LogP contribution in [0.1, 0.15) is 69.2 Å². The van der Waals surface area contributed by atoms with Gasteiger partial charge in [0.15, 0.2) is 0 Å². The highest BCUT2D eigenvalue weighted by Gasteiger charge is 2.30. The van der Waals surface area contributed by atoms with Gasteiger partial charge in [0.25, 0.3) is 0 Å². The molecule has 1 fully saturated rings. The predicted molar refractivity (Wildman–Crippen MR) is 93.8 cm³/mol. The van der Waals surface area contributed by atoms with Crippen molar-refractivity contribution in [3.8, 4) is 0 Å². The average molecular weight is 321 g/mol. The van der Waals surface area contributed by atoms with E-state index in [-0.39, 0.29) is 5.37 Å². The maximum Gasteiger partial charge on any atom is 0.223 e. The molecule has 2 heterocycles. The molecule has 0 saturated carbocycles. The van der Waals surface area contributed by atoms with Gasteiger partial charge in [-0.05, 0) is 12.5 Å². The van der Waals surface area contributed by atoms with Crippen molar-refractivity contribution in [3.63, 3.8) is 0 Å². The van der Waals surface area contributed by atoms with Gasteiger partial charge in [-0.15, -0.1) is 11.8 Å². The third-order valence-electron chi connectivity index (χ3n) is 4.18. The first-order valence-corrected chi connectivity index (χ1v) is 9.69. The zero-order valence-electron chi connectivity index (χ0n) is 13.7. The van der Waals surface area contributed by atoms with Crippen molar-refractivity contribution in [2.24, 2.45) is 0 Å². The molecule has 0 radical (unpaired) electrons. The Balaban J connectivity index is 1.70. The second-order valence-electron chi connectivity index (χ2n) is 5.97. The van der Waals surface area contributed by atoms with E-state index in [9.17, 15) is 4.79 Å². The van der Waals surface area contributed by atoms with E-state index in [0.717, 1.165) is 24.3 Å². The minimum absolute atomic E-state index is 0.172. The molecule has 0 aromatic carbocycles. The summed E-state index contributed by atoms with van der Waals surface area (Å²) in [5.74, 6) is 1.34. The summed E-state index contributed by atoms with van der Waals surface area (Å²) in [6, 6.07) is 4.02. The van der Waals surface area contributed by atoms with Crippen LogP contribution in [-0.4, -0.2) is 28.1 Å². The van der Waals surface area contributed by atoms with Crippen molar-refractivity contribution < 1.29 is 4.79 Å². The number of nitrogens with zero attached hydrogens (tertiary/aromatic N) is 2. The Morgan fingerprint density at radius 2 is 2.05 bits per heavy atom. The van der Waals surface area contributed by atoms with Crippen molar-refractivity contribution >= 4 is 17.7 Å². The number of thioether (sulfide) groups is 1. The number of hydrogen-bond donors (Lipinski definition) is 0. The average Bonchev–Trinajstić information content (AvgIpc) is 3.04. The fraction of sp³-hybridized carbons (Fsp3) is 0.667. The lowest BCUT2D eigenvalue weighted by Gasteiger charge is -2.24. The number of pyridine rings is 1. The first-order chi connectivity index (χ1) is 10.8. The quantitative estimate of drug-likeness (QED) is 0.613. The van der Waals surface area contributed by atoms with Crippen LogP contribution in [0.15, 0.2) is 24.5 Å². The van der Waals surface area contributed by atoms with Crippen molar-refractivity contribution in [2.45, 2.75) is 63.7 Å². The van der Waals surface area contributed by atoms with E-state index >= 15 is 0 Å². The highest BCUT2D eigenvalue weighted by atomic mass is 32.2. The number of carbonyl (C=O) groups excluding carboxylic acids is 1. The van der Waals surface area contributed by atoms with Gasteiger partial charge >= 0.3 is 0 Å². The van der Waals surface area contributed by atoms with Gasteiger partial charge in [-0.3, -0.25) is 9.78 Å². The van der Waals surface area contributed by atoms with Gasteiger partial charge in [0, 0.05) is 36.7 Å². The fourth-order valence-corrected chi connectivity index (χ4v) is 4.16. The third kappa shape index (κ3) is 5.31. The zero-order valence-corrected chi connectivity index (χ0v) is 14.5. The number of aromatic nitrogens is 1. The number of unbranched alkanes of at least 4 members (excludes halogenated alkanes) is 6. The number of rotatable bonds is 9. The summed E-state index contributed by atoms with van der Waals surface area (Å²) in [4.78, 5) is 18.7. The summed E-state index contributed by atoms with van der Waals surface area (Å²) in [6.45, 7) is 3.12. The molecule has 1 aromatic rings. The van der Waals surface area contributed by atoms with Crippen LogP contribution < -0.4 is 0 Å². The Morgan fingerprint density at radius 3 is 2.77 bits per heavy atom. The molecule has 0 spiro atoms. The molecule has 2 rings (SSSR count). The van der Waals surface area contributed by atoms with E-state index < -0.39 is 0 Å². The van der Waals surface area contributed by atoms with Crippen molar-refractivity contribution in [3.05, 3.63) is 30.1 Å². The van der Waals surface area contributed by atoms with Gasteiger partial charge in [-0.1, -0.05) is 51.5 Å². The molecule has 122 valence electrons. The van der Waals surface area contributed by atoms with E-state index in [4.69, 9.17) is 0 Å². The molecule has 3 nitrogen and oxygen atoms in total. The molecule has 1 saturated heterocycles. The summed E-state index contributed by atoms with van der Waals surface area (Å²) < 4.78 is 0. The van der Waals surface area contributed by atoms with Crippen LogP contribution in [0, 0.1) is 0 Å². The fourth-order valence-electron chi connectivity index (χ4n) is 2.90. The van der Waals surface area contributed by atoms with Gasteiger partial charge in [0.2, 0.25) is 5.91 Å². The van der Waals surface area contributed by atoms with Gasteiger partial charge in [-0.25, -0.2) is 0 Å². The van der Waals surface area contributed by atoms with Crippen LogP contribution in [0.5, 0.6) is 0 Å². The van der Waals surface area contributed by atoms with Gasteiger partial charge in [0.05, 0.1) is 0 Å². The maximum absolute atomic E-state index is 12.5. The smallest absolute Gasteiger partial charge is 0.223 e. The minimum Gasteiger partial charge on any atom is -0.326 e. The van der Waals surface area contributed by atoms with Crippen LogP contribution in [-0.2, 0) is 4.79 Å². The van der Waals surface area contributed by atoms with Crippen LogP contribution in [0.3, 0.4) is 0 Å². The lowest BCUT2D eigenvalue weighted by molar-refractivity contribution is -0.131. The molecule has 1 atom stereocenters. The maximum atomic E-state index is 12.5. The molecule has 1 amide bonds. The number of hydrogen-bond acceptors (Lipinski definition) is 3. The lowest BCUT2D eigenvalue weighted by Crippen LogP contribution is -2.30. The van der Waals surface area contributed by atoms with Crippen LogP contribution >= 0.6 is 11.8 Å². The Kier molecular flexibility index (Phi) is 7.78. The van der Waals surface area contributed by atoms with Gasteiger partial charge in [0.1, 0.15) is 5.37 Å². The monoisotopic (exact) mass is 320 g/mol. The lowest BCUT2D eigenvalue weighted by atomic mass is 10.1. The normalized spacial score (nSPS) is 17.9. The van der Waals surface area contributed by atoms with Gasteiger partial charge in [-0.2, -0.15) is 0 Å². The summed E-state index contributed by atoms with van der Waals surface area (Å²) in [5, 5.41) is 0.172. The highest BCUT2D eigenvalue weighted by Crippen LogP contribution is 2.37. The summed E-state index contributed by atoms with van der Waals surface area (Å²) >= 11 is 1.85. The highest BCUT2D eigenvalue weighted by molar-refractivity contribution is 7.99. The van der Waals surface area contributed by atoms with E-state index in [1.807, 2.05) is 28.9 Å². The topological polar surface area (TPSA) is 33.2 Å². The Morgan fingerprint density at radius 1 is 1.27 bits per heavy atom. The van der Waals surface area contributed by atoms with E-state index in [2.05, 4.69) is 18.0 Å². The first-order valence-electron chi connectivity index (χ1n) is 8.64. The Labute approximate surface area is 138 Å².